The third-order valence-corrected chi connectivity index (χ3v) is 4.89. The Labute approximate surface area is 162 Å². The van der Waals surface area contributed by atoms with Crippen LogP contribution in [0.5, 0.6) is 11.5 Å². The Morgan fingerprint density at radius 3 is 2.67 bits per heavy atom. The van der Waals surface area contributed by atoms with Crippen LogP contribution in [0.1, 0.15) is 22.3 Å². The number of carbonyl (C=O) groups excluding carboxylic acids is 1. The molecule has 0 atom stereocenters. The first kappa shape index (κ1) is 19.0. The summed E-state index contributed by atoms with van der Waals surface area (Å²) in [4.78, 5) is 11.1. The molecule has 1 fully saturated rings. The van der Waals surface area contributed by atoms with Gasteiger partial charge in [0.25, 0.3) is 0 Å². The van der Waals surface area contributed by atoms with E-state index in [9.17, 15) is 4.79 Å². The van der Waals surface area contributed by atoms with Gasteiger partial charge in [-0.25, -0.2) is 0 Å². The minimum Gasteiger partial charge on any atom is -0.496 e. The SMILES string of the molecule is COc1ccc(C=NN=C2NC(=O)CS2)cc1COc1c(C)cccc1C. The van der Waals surface area contributed by atoms with Crippen molar-refractivity contribution in [2.45, 2.75) is 20.5 Å². The molecule has 3 rings (SSSR count). The van der Waals surface area contributed by atoms with Crippen molar-refractivity contribution in [3.63, 3.8) is 0 Å². The van der Waals surface area contributed by atoms with E-state index >= 15 is 0 Å². The van der Waals surface area contributed by atoms with E-state index in [0.29, 0.717) is 17.5 Å². The van der Waals surface area contributed by atoms with E-state index in [4.69, 9.17) is 9.47 Å². The monoisotopic (exact) mass is 383 g/mol. The Kier molecular flexibility index (Phi) is 6.13. The molecular weight excluding hydrogens is 362 g/mol. The van der Waals surface area contributed by atoms with Gasteiger partial charge in [-0.3, -0.25) is 4.79 Å². The predicted molar refractivity (Wildman–Crippen MR) is 109 cm³/mol. The van der Waals surface area contributed by atoms with Crippen LogP contribution in [-0.4, -0.2) is 30.2 Å². The highest BCUT2D eigenvalue weighted by Gasteiger charge is 2.16. The third kappa shape index (κ3) is 4.89. The second kappa shape index (κ2) is 8.73. The number of carbonyl (C=O) groups is 1. The van der Waals surface area contributed by atoms with Gasteiger partial charge in [-0.05, 0) is 48.7 Å². The molecule has 7 heteroatoms. The zero-order chi connectivity index (χ0) is 19.2. The van der Waals surface area contributed by atoms with Gasteiger partial charge in [-0.2, -0.15) is 5.10 Å². The van der Waals surface area contributed by atoms with Crippen LogP contribution in [0.25, 0.3) is 0 Å². The largest absolute Gasteiger partial charge is 0.496 e. The first-order valence-corrected chi connectivity index (χ1v) is 9.45. The van der Waals surface area contributed by atoms with Crippen molar-refractivity contribution >= 4 is 29.1 Å². The number of para-hydroxylation sites is 1. The van der Waals surface area contributed by atoms with Crippen LogP contribution in [0.2, 0.25) is 0 Å². The van der Waals surface area contributed by atoms with Crippen LogP contribution in [0.3, 0.4) is 0 Å². The summed E-state index contributed by atoms with van der Waals surface area (Å²) in [5.74, 6) is 1.98. The van der Waals surface area contributed by atoms with Crippen LogP contribution < -0.4 is 14.8 Å². The van der Waals surface area contributed by atoms with Gasteiger partial charge >= 0.3 is 0 Å². The van der Waals surface area contributed by atoms with E-state index in [2.05, 4.69) is 15.5 Å². The molecule has 2 aromatic carbocycles. The molecule has 1 saturated heterocycles. The highest BCUT2D eigenvalue weighted by molar-refractivity contribution is 8.15. The molecule has 0 aliphatic carbocycles. The quantitative estimate of drug-likeness (QED) is 0.613. The molecule has 2 aromatic rings. The lowest BCUT2D eigenvalue weighted by molar-refractivity contribution is -0.116. The van der Waals surface area contributed by atoms with Gasteiger partial charge in [0, 0.05) is 5.56 Å². The van der Waals surface area contributed by atoms with E-state index in [1.807, 2.05) is 50.2 Å². The highest BCUT2D eigenvalue weighted by Crippen LogP contribution is 2.26. The zero-order valence-electron chi connectivity index (χ0n) is 15.5. The van der Waals surface area contributed by atoms with Crippen molar-refractivity contribution < 1.29 is 14.3 Å². The highest BCUT2D eigenvalue weighted by atomic mass is 32.2. The number of methoxy groups -OCH3 is 1. The number of amidine groups is 1. The maximum absolute atomic E-state index is 11.1. The number of ether oxygens (including phenoxy) is 2. The fourth-order valence-electron chi connectivity index (χ4n) is 2.70. The lowest BCUT2D eigenvalue weighted by atomic mass is 10.1. The van der Waals surface area contributed by atoms with Gasteiger partial charge in [0.05, 0.1) is 19.1 Å². The van der Waals surface area contributed by atoms with Crippen LogP contribution in [0.4, 0.5) is 0 Å². The molecule has 6 nitrogen and oxygen atoms in total. The van der Waals surface area contributed by atoms with Crippen molar-refractivity contribution in [1.82, 2.24) is 5.32 Å². The molecule has 0 unspecified atom stereocenters. The van der Waals surface area contributed by atoms with Crippen molar-refractivity contribution in [3.05, 3.63) is 58.7 Å². The topological polar surface area (TPSA) is 72.3 Å². The van der Waals surface area contributed by atoms with Gasteiger partial charge < -0.3 is 14.8 Å². The first-order chi connectivity index (χ1) is 13.1. The van der Waals surface area contributed by atoms with E-state index in [-0.39, 0.29) is 5.91 Å². The first-order valence-electron chi connectivity index (χ1n) is 8.46. The summed E-state index contributed by atoms with van der Waals surface area (Å²) >= 11 is 1.34. The Morgan fingerprint density at radius 2 is 2.00 bits per heavy atom. The van der Waals surface area contributed by atoms with Crippen LogP contribution >= 0.6 is 11.8 Å². The van der Waals surface area contributed by atoms with E-state index < -0.39 is 0 Å². The average molecular weight is 383 g/mol. The number of amides is 1. The number of rotatable bonds is 6. The Hall–Kier alpha value is -2.80. The lowest BCUT2D eigenvalue weighted by Crippen LogP contribution is -2.19. The molecule has 1 heterocycles. The molecule has 1 aliphatic heterocycles. The van der Waals surface area contributed by atoms with Gasteiger partial charge in [0.15, 0.2) is 5.17 Å². The normalized spacial score (nSPS) is 15.4. The molecule has 0 saturated carbocycles. The number of nitrogens with one attached hydrogen (secondary N) is 1. The summed E-state index contributed by atoms with van der Waals surface area (Å²) in [5, 5.41) is 11.2. The van der Waals surface area contributed by atoms with Gasteiger partial charge in [-0.1, -0.05) is 30.0 Å². The third-order valence-electron chi connectivity index (χ3n) is 4.03. The number of hydrogen-bond acceptors (Lipinski definition) is 6. The molecule has 1 aliphatic rings. The van der Waals surface area contributed by atoms with Crippen molar-refractivity contribution in [2.75, 3.05) is 12.9 Å². The molecule has 0 bridgehead atoms. The molecule has 0 spiro atoms. The number of nitrogens with zero attached hydrogens (tertiary/aromatic N) is 2. The van der Waals surface area contributed by atoms with Crippen molar-refractivity contribution in [3.8, 4) is 11.5 Å². The standard InChI is InChI=1S/C20H21N3O3S/c1-13-5-4-6-14(2)19(13)26-11-16-9-15(7-8-17(16)25-3)10-21-23-20-22-18(24)12-27-20/h4-10H,11-12H2,1-3H3,(H,22,23,24). The molecule has 27 heavy (non-hydrogen) atoms. The molecule has 1 N–H and O–H groups in total. The van der Waals surface area contributed by atoms with Crippen LogP contribution in [-0.2, 0) is 11.4 Å². The number of aryl methyl sites for hydroxylation is 2. The lowest BCUT2D eigenvalue weighted by Gasteiger charge is -2.14. The average Bonchev–Trinajstić information content (AvgIpc) is 3.07. The molecule has 140 valence electrons. The second-order valence-electron chi connectivity index (χ2n) is 6.07. The summed E-state index contributed by atoms with van der Waals surface area (Å²) in [7, 11) is 1.64. The summed E-state index contributed by atoms with van der Waals surface area (Å²) in [6, 6.07) is 11.8. The molecule has 0 aromatic heterocycles. The molecular formula is C20H21N3O3S. The van der Waals surface area contributed by atoms with E-state index in [1.165, 1.54) is 11.8 Å². The summed E-state index contributed by atoms with van der Waals surface area (Å²) < 4.78 is 11.5. The fraction of sp³-hybridized carbons (Fsp3) is 0.250. The fourth-order valence-corrected chi connectivity index (χ4v) is 3.33. The van der Waals surface area contributed by atoms with E-state index in [1.54, 1.807) is 13.3 Å². The predicted octanol–water partition coefficient (Wildman–Crippen LogP) is 3.44. The minimum absolute atomic E-state index is 0.0515. The molecule has 1 amide bonds. The Bertz CT molecular complexity index is 889. The Balaban J connectivity index is 1.74. The van der Waals surface area contributed by atoms with Gasteiger partial charge in [0.1, 0.15) is 18.1 Å². The van der Waals surface area contributed by atoms with Crippen molar-refractivity contribution in [2.24, 2.45) is 10.2 Å². The van der Waals surface area contributed by atoms with Crippen molar-refractivity contribution in [1.29, 1.82) is 0 Å². The number of thioether (sulfide) groups is 1. The van der Waals surface area contributed by atoms with E-state index in [0.717, 1.165) is 33.8 Å². The summed E-state index contributed by atoms with van der Waals surface area (Å²) in [6.45, 7) is 4.44. The maximum Gasteiger partial charge on any atom is 0.236 e. The zero-order valence-corrected chi connectivity index (χ0v) is 16.3. The van der Waals surface area contributed by atoms with Gasteiger partial charge in [-0.15, -0.1) is 5.10 Å². The number of benzene rings is 2. The summed E-state index contributed by atoms with van der Waals surface area (Å²) in [5.41, 5.74) is 3.98. The second-order valence-corrected chi connectivity index (χ2v) is 7.03. The smallest absolute Gasteiger partial charge is 0.236 e. The number of hydrogen-bond donors (Lipinski definition) is 1. The van der Waals surface area contributed by atoms with Crippen LogP contribution in [0, 0.1) is 13.8 Å². The summed E-state index contributed by atoms with van der Waals surface area (Å²) in [6.07, 6.45) is 1.64. The Morgan fingerprint density at radius 1 is 1.22 bits per heavy atom. The van der Waals surface area contributed by atoms with Crippen LogP contribution in [0.15, 0.2) is 46.6 Å². The minimum atomic E-state index is -0.0515. The van der Waals surface area contributed by atoms with Gasteiger partial charge in [0.2, 0.25) is 5.91 Å². The molecule has 0 radical (unpaired) electrons. The maximum atomic E-state index is 11.1.